The van der Waals surface area contributed by atoms with Gasteiger partial charge in [-0.1, -0.05) is 79.2 Å². The van der Waals surface area contributed by atoms with Crippen LogP contribution in [0.15, 0.2) is 24.0 Å². The molecule has 0 aliphatic heterocycles. The van der Waals surface area contributed by atoms with E-state index in [2.05, 4.69) is 30.7 Å². The van der Waals surface area contributed by atoms with Crippen LogP contribution in [0.1, 0.15) is 104 Å². The summed E-state index contributed by atoms with van der Waals surface area (Å²) in [6.45, 7) is 12.6. The van der Waals surface area contributed by atoms with Crippen molar-refractivity contribution in [1.29, 1.82) is 0 Å². The molecule has 154 valence electrons. The summed E-state index contributed by atoms with van der Waals surface area (Å²) in [5.74, 6) is 1.54. The van der Waals surface area contributed by atoms with Crippen molar-refractivity contribution in [2.75, 3.05) is 0 Å². The van der Waals surface area contributed by atoms with E-state index < -0.39 is 0 Å². The number of nitrogens with zero attached hydrogens (tertiary/aromatic N) is 2. The van der Waals surface area contributed by atoms with Crippen LogP contribution >= 0.6 is 0 Å². The van der Waals surface area contributed by atoms with E-state index >= 15 is 0 Å². The number of ketones is 1. The topological polar surface area (TPSA) is 42.9 Å². The summed E-state index contributed by atoms with van der Waals surface area (Å²) in [7, 11) is 0. The van der Waals surface area contributed by atoms with Gasteiger partial charge in [0.2, 0.25) is 0 Å². The second-order valence-electron chi connectivity index (χ2n) is 6.95. The molecule has 0 unspecified atom stereocenters. The first-order valence-corrected chi connectivity index (χ1v) is 11.2. The van der Waals surface area contributed by atoms with Gasteiger partial charge in [-0.15, -0.1) is 0 Å². The zero-order valence-corrected chi connectivity index (χ0v) is 18.7. The molecular formula is C24H42N2O. The quantitative estimate of drug-likeness (QED) is 0.353. The molecule has 0 aliphatic rings. The van der Waals surface area contributed by atoms with E-state index in [9.17, 15) is 4.79 Å². The first-order chi connectivity index (χ1) is 13.1. The summed E-state index contributed by atoms with van der Waals surface area (Å²) >= 11 is 0. The lowest BCUT2D eigenvalue weighted by atomic mass is 9.86. The van der Waals surface area contributed by atoms with Gasteiger partial charge >= 0.3 is 0 Å². The fourth-order valence-electron chi connectivity index (χ4n) is 3.11. The van der Waals surface area contributed by atoms with Crippen LogP contribution in [-0.4, -0.2) is 15.8 Å². The Morgan fingerprint density at radius 1 is 0.963 bits per heavy atom. The third-order valence-electron chi connectivity index (χ3n) is 4.69. The van der Waals surface area contributed by atoms with Crippen molar-refractivity contribution in [2.45, 2.75) is 106 Å². The molecule has 0 saturated heterocycles. The van der Waals surface area contributed by atoms with Crippen molar-refractivity contribution >= 4 is 5.78 Å². The van der Waals surface area contributed by atoms with Crippen molar-refractivity contribution in [3.05, 3.63) is 35.4 Å². The maximum atomic E-state index is 12.1. The molecule has 0 N–H and O–H groups in total. The molecule has 0 spiro atoms. The van der Waals surface area contributed by atoms with Gasteiger partial charge in [0.25, 0.3) is 0 Å². The number of hydrogen-bond donors (Lipinski definition) is 0. The smallest absolute Gasteiger partial charge is 0.155 e. The molecule has 0 radical (unpaired) electrons. The Balaban J connectivity index is 0.00000326. The number of carbonyl (C=O) groups excluding carboxylic acids is 1. The number of carbonyl (C=O) groups is 1. The van der Waals surface area contributed by atoms with Gasteiger partial charge in [-0.05, 0) is 36.8 Å². The number of aromatic nitrogens is 2. The molecule has 0 amide bonds. The van der Waals surface area contributed by atoms with Crippen molar-refractivity contribution in [3.63, 3.8) is 0 Å². The summed E-state index contributed by atoms with van der Waals surface area (Å²) in [4.78, 5) is 21.2. The zero-order chi connectivity index (χ0) is 20.5. The van der Waals surface area contributed by atoms with Crippen LogP contribution in [0.3, 0.4) is 0 Å². The molecule has 1 rings (SSSR count). The van der Waals surface area contributed by atoms with Crippen molar-refractivity contribution in [3.8, 4) is 0 Å². The third kappa shape index (κ3) is 11.0. The Bertz CT molecular complexity index is 512. The summed E-state index contributed by atoms with van der Waals surface area (Å²) in [5.41, 5.74) is 2.42. The number of aryl methyl sites for hydroxylation is 1. The highest BCUT2D eigenvalue weighted by Gasteiger charge is 2.16. The van der Waals surface area contributed by atoms with Gasteiger partial charge in [0.15, 0.2) is 5.78 Å². The highest BCUT2D eigenvalue weighted by atomic mass is 16.1. The number of allylic oxidation sites excluding steroid dienone is 2. The van der Waals surface area contributed by atoms with E-state index in [1.54, 1.807) is 0 Å². The van der Waals surface area contributed by atoms with Crippen LogP contribution in [0.2, 0.25) is 0 Å². The van der Waals surface area contributed by atoms with E-state index in [1.807, 2.05) is 39.2 Å². The first-order valence-electron chi connectivity index (χ1n) is 11.2. The van der Waals surface area contributed by atoms with Crippen molar-refractivity contribution < 1.29 is 4.79 Å². The second kappa shape index (κ2) is 16.6. The molecule has 1 aromatic rings. The largest absolute Gasteiger partial charge is 0.295 e. The molecule has 27 heavy (non-hydrogen) atoms. The Morgan fingerprint density at radius 2 is 1.52 bits per heavy atom. The van der Waals surface area contributed by atoms with Gasteiger partial charge in [0.1, 0.15) is 5.82 Å². The minimum Gasteiger partial charge on any atom is -0.295 e. The molecule has 1 heterocycles. The molecular weight excluding hydrogens is 332 g/mol. The number of rotatable bonds is 13. The molecule has 3 nitrogen and oxygen atoms in total. The molecule has 0 aliphatic carbocycles. The Labute approximate surface area is 168 Å². The molecule has 0 bridgehead atoms. The number of unbranched alkanes of at least 4 members (excludes halogenated alkanes) is 2. The lowest BCUT2D eigenvalue weighted by Crippen LogP contribution is -2.11. The van der Waals surface area contributed by atoms with Crippen LogP contribution in [0.5, 0.6) is 0 Å². The van der Waals surface area contributed by atoms with Crippen molar-refractivity contribution in [1.82, 2.24) is 9.97 Å². The maximum Gasteiger partial charge on any atom is 0.155 e. The van der Waals surface area contributed by atoms with Crippen LogP contribution in [0.25, 0.3) is 0 Å². The van der Waals surface area contributed by atoms with Crippen molar-refractivity contribution in [2.24, 2.45) is 5.92 Å². The van der Waals surface area contributed by atoms with Crippen LogP contribution in [-0.2, 0) is 17.6 Å². The van der Waals surface area contributed by atoms with Crippen LogP contribution in [0, 0.1) is 5.92 Å². The minimum atomic E-state index is 0.218. The molecule has 3 heteroatoms. The predicted octanol–water partition coefficient (Wildman–Crippen LogP) is 6.90. The monoisotopic (exact) mass is 374 g/mol. The zero-order valence-electron chi connectivity index (χ0n) is 18.7. The van der Waals surface area contributed by atoms with Gasteiger partial charge < -0.3 is 0 Å². The molecule has 1 aromatic heterocycles. The number of hydrogen-bond acceptors (Lipinski definition) is 3. The standard InChI is InChI=1S/C22H36N2O.C2H6/c1-5-9-12-19(13-10-6-2)20(14-21(25)8-4)15-22-23-16-18(11-7-3)17-24-22;1-2/h14,16-17,19H,5-13,15H2,1-4H3;1-2H3/b20-14-;. The Morgan fingerprint density at radius 3 is 1.96 bits per heavy atom. The molecule has 0 aromatic carbocycles. The highest BCUT2D eigenvalue weighted by molar-refractivity contribution is 5.90. The second-order valence-corrected chi connectivity index (χ2v) is 6.95. The molecule has 0 atom stereocenters. The van der Waals surface area contributed by atoms with E-state index in [-0.39, 0.29) is 5.78 Å². The minimum absolute atomic E-state index is 0.218. The summed E-state index contributed by atoms with van der Waals surface area (Å²) in [5, 5.41) is 0. The first kappa shape index (κ1) is 25.5. The summed E-state index contributed by atoms with van der Waals surface area (Å²) < 4.78 is 0. The van der Waals surface area contributed by atoms with Crippen LogP contribution < -0.4 is 0 Å². The fraction of sp³-hybridized carbons (Fsp3) is 0.708. The highest BCUT2D eigenvalue weighted by Crippen LogP contribution is 2.27. The average molecular weight is 375 g/mol. The van der Waals surface area contributed by atoms with E-state index in [1.165, 1.54) is 36.8 Å². The Hall–Kier alpha value is -1.51. The van der Waals surface area contributed by atoms with Gasteiger partial charge in [0, 0.05) is 25.2 Å². The lowest BCUT2D eigenvalue weighted by Gasteiger charge is -2.20. The SMILES string of the molecule is CC.CCCCC(CCCC)/C(=C\C(=O)CC)Cc1ncc(CCC)cn1. The van der Waals surface area contributed by atoms with E-state index in [0.29, 0.717) is 18.8 Å². The molecule has 0 fully saturated rings. The van der Waals surface area contributed by atoms with Gasteiger partial charge in [-0.25, -0.2) is 9.97 Å². The average Bonchev–Trinajstić information content (AvgIpc) is 2.70. The maximum absolute atomic E-state index is 12.1. The van der Waals surface area contributed by atoms with Gasteiger partial charge in [0.05, 0.1) is 0 Å². The normalized spacial score (nSPS) is 11.3. The van der Waals surface area contributed by atoms with Gasteiger partial charge in [-0.2, -0.15) is 0 Å². The fourth-order valence-corrected chi connectivity index (χ4v) is 3.11. The van der Waals surface area contributed by atoms with E-state index in [0.717, 1.165) is 31.5 Å². The summed E-state index contributed by atoms with van der Waals surface area (Å²) in [6.07, 6.45) is 16.3. The summed E-state index contributed by atoms with van der Waals surface area (Å²) in [6, 6.07) is 0. The van der Waals surface area contributed by atoms with E-state index in [4.69, 9.17) is 0 Å². The molecule has 0 saturated carbocycles. The predicted molar refractivity (Wildman–Crippen MR) is 117 cm³/mol. The van der Waals surface area contributed by atoms with Gasteiger partial charge in [-0.3, -0.25) is 4.79 Å². The third-order valence-corrected chi connectivity index (χ3v) is 4.69. The van der Waals surface area contributed by atoms with Crippen LogP contribution in [0.4, 0.5) is 0 Å². The Kier molecular flexibility index (Phi) is 15.7. The lowest BCUT2D eigenvalue weighted by molar-refractivity contribution is -0.114.